The van der Waals surface area contributed by atoms with Gasteiger partial charge in [0.05, 0.1) is 0 Å². The second kappa shape index (κ2) is 6.60. The minimum atomic E-state index is -3.90. The van der Waals surface area contributed by atoms with Crippen molar-refractivity contribution in [2.45, 2.75) is 18.4 Å². The standard InChI is InChI=1S/C12H16BrFN2O2S/c1-3-5-16(4-2)19(17,18)11-7-10(13)6-9(8-15)12(11)14/h3,6-7H,1,4-5,8,15H2,2H3. The van der Waals surface area contributed by atoms with Gasteiger partial charge in [0.1, 0.15) is 10.7 Å². The first-order valence-corrected chi connectivity index (χ1v) is 7.90. The quantitative estimate of drug-likeness (QED) is 0.800. The van der Waals surface area contributed by atoms with E-state index in [2.05, 4.69) is 22.5 Å². The molecular weight excluding hydrogens is 335 g/mol. The van der Waals surface area contributed by atoms with Crippen molar-refractivity contribution < 1.29 is 12.8 Å². The molecule has 0 aliphatic rings. The van der Waals surface area contributed by atoms with Gasteiger partial charge in [-0.2, -0.15) is 4.31 Å². The molecule has 1 aromatic carbocycles. The van der Waals surface area contributed by atoms with Crippen LogP contribution in [-0.2, 0) is 16.6 Å². The van der Waals surface area contributed by atoms with E-state index >= 15 is 0 Å². The first-order valence-electron chi connectivity index (χ1n) is 5.67. The molecule has 2 N–H and O–H groups in total. The number of nitrogens with two attached hydrogens (primary N) is 1. The molecule has 1 rings (SSSR count). The summed E-state index contributed by atoms with van der Waals surface area (Å²) in [4.78, 5) is -0.369. The van der Waals surface area contributed by atoms with Crippen LogP contribution in [0.3, 0.4) is 0 Å². The lowest BCUT2D eigenvalue weighted by molar-refractivity contribution is 0.452. The molecule has 0 aromatic heterocycles. The van der Waals surface area contributed by atoms with Crippen molar-refractivity contribution in [3.63, 3.8) is 0 Å². The van der Waals surface area contributed by atoms with Crippen molar-refractivity contribution in [3.05, 3.63) is 40.6 Å². The Kier molecular flexibility index (Phi) is 5.66. The Hall–Kier alpha value is -0.760. The van der Waals surface area contributed by atoms with Crippen LogP contribution in [0.15, 0.2) is 34.2 Å². The number of hydrogen-bond donors (Lipinski definition) is 1. The molecule has 0 fully saturated rings. The first-order chi connectivity index (χ1) is 8.88. The van der Waals surface area contributed by atoms with E-state index in [4.69, 9.17) is 5.73 Å². The highest BCUT2D eigenvalue weighted by Crippen LogP contribution is 2.26. The molecule has 0 unspecified atom stereocenters. The average molecular weight is 351 g/mol. The number of nitrogens with zero attached hydrogens (tertiary/aromatic N) is 1. The predicted octanol–water partition coefficient (Wildman–Crippen LogP) is 2.24. The summed E-state index contributed by atoms with van der Waals surface area (Å²) in [6.45, 7) is 5.48. The molecule has 0 aliphatic carbocycles. The first kappa shape index (κ1) is 16.3. The third-order valence-electron chi connectivity index (χ3n) is 2.60. The summed E-state index contributed by atoms with van der Waals surface area (Å²) in [6, 6.07) is 2.72. The highest BCUT2D eigenvalue weighted by molar-refractivity contribution is 9.10. The Morgan fingerprint density at radius 1 is 1.53 bits per heavy atom. The fourth-order valence-electron chi connectivity index (χ4n) is 1.63. The maximum absolute atomic E-state index is 14.2. The molecule has 0 amide bonds. The number of benzene rings is 1. The maximum atomic E-state index is 14.2. The zero-order valence-corrected chi connectivity index (χ0v) is 13.0. The van der Waals surface area contributed by atoms with Crippen molar-refractivity contribution in [2.24, 2.45) is 5.73 Å². The van der Waals surface area contributed by atoms with Crippen LogP contribution in [-0.4, -0.2) is 25.8 Å². The minimum absolute atomic E-state index is 0.0681. The van der Waals surface area contributed by atoms with E-state index in [0.29, 0.717) is 4.47 Å². The van der Waals surface area contributed by atoms with E-state index < -0.39 is 15.8 Å². The third kappa shape index (κ3) is 3.42. The summed E-state index contributed by atoms with van der Waals surface area (Å²) in [6.07, 6.45) is 1.46. The Labute approximate surface area is 121 Å². The Morgan fingerprint density at radius 3 is 2.63 bits per heavy atom. The maximum Gasteiger partial charge on any atom is 0.246 e. The van der Waals surface area contributed by atoms with E-state index in [1.165, 1.54) is 18.2 Å². The van der Waals surface area contributed by atoms with Gasteiger partial charge in [-0.15, -0.1) is 6.58 Å². The lowest BCUT2D eigenvalue weighted by Crippen LogP contribution is -2.32. The van der Waals surface area contributed by atoms with Crippen LogP contribution >= 0.6 is 15.9 Å². The SMILES string of the molecule is C=CCN(CC)S(=O)(=O)c1cc(Br)cc(CN)c1F. The normalized spacial score (nSPS) is 11.8. The van der Waals surface area contributed by atoms with Crippen LogP contribution in [0, 0.1) is 5.82 Å². The van der Waals surface area contributed by atoms with Gasteiger partial charge in [0.25, 0.3) is 0 Å². The highest BCUT2D eigenvalue weighted by atomic mass is 79.9. The average Bonchev–Trinajstić information content (AvgIpc) is 2.37. The fourth-order valence-corrected chi connectivity index (χ4v) is 3.84. The minimum Gasteiger partial charge on any atom is -0.326 e. The monoisotopic (exact) mass is 350 g/mol. The molecule has 0 radical (unpaired) electrons. The Morgan fingerprint density at radius 2 is 2.16 bits per heavy atom. The molecule has 1 aromatic rings. The second-order valence-electron chi connectivity index (χ2n) is 3.83. The molecule has 0 aliphatic heterocycles. The summed E-state index contributed by atoms with van der Waals surface area (Å²) < 4.78 is 40.5. The van der Waals surface area contributed by atoms with Crippen LogP contribution < -0.4 is 5.73 Å². The molecule has 0 saturated heterocycles. The molecule has 19 heavy (non-hydrogen) atoms. The van der Waals surface area contributed by atoms with E-state index in [9.17, 15) is 12.8 Å². The lowest BCUT2D eigenvalue weighted by atomic mass is 10.2. The van der Waals surface area contributed by atoms with Gasteiger partial charge in [-0.05, 0) is 12.1 Å². The molecule has 0 atom stereocenters. The summed E-state index contributed by atoms with van der Waals surface area (Å²) in [5.74, 6) is -0.798. The van der Waals surface area contributed by atoms with Crippen LogP contribution in [0.25, 0.3) is 0 Å². The van der Waals surface area contributed by atoms with Crippen molar-refractivity contribution >= 4 is 26.0 Å². The van der Waals surface area contributed by atoms with Gasteiger partial charge in [0.2, 0.25) is 10.0 Å². The molecule has 106 valence electrons. The molecular formula is C12H16BrFN2O2S. The smallest absolute Gasteiger partial charge is 0.246 e. The summed E-state index contributed by atoms with van der Waals surface area (Å²) >= 11 is 3.17. The van der Waals surface area contributed by atoms with Gasteiger partial charge in [-0.1, -0.05) is 28.9 Å². The predicted molar refractivity (Wildman–Crippen MR) is 76.6 cm³/mol. The molecule has 4 nitrogen and oxygen atoms in total. The van der Waals surface area contributed by atoms with Gasteiger partial charge in [0, 0.05) is 29.7 Å². The topological polar surface area (TPSA) is 63.4 Å². The van der Waals surface area contributed by atoms with Gasteiger partial charge in [-0.3, -0.25) is 0 Å². The molecule has 7 heteroatoms. The van der Waals surface area contributed by atoms with Crippen LogP contribution in [0.4, 0.5) is 4.39 Å². The zero-order chi connectivity index (χ0) is 14.6. The van der Waals surface area contributed by atoms with Crippen LogP contribution in [0.5, 0.6) is 0 Å². The summed E-state index contributed by atoms with van der Waals surface area (Å²) in [5, 5.41) is 0. The van der Waals surface area contributed by atoms with Gasteiger partial charge < -0.3 is 5.73 Å². The molecule has 0 heterocycles. The summed E-state index contributed by atoms with van der Waals surface area (Å²) in [5.41, 5.74) is 5.57. The fraction of sp³-hybridized carbons (Fsp3) is 0.333. The van der Waals surface area contributed by atoms with Crippen LogP contribution in [0.2, 0.25) is 0 Å². The summed E-state index contributed by atoms with van der Waals surface area (Å²) in [7, 11) is -3.90. The molecule has 0 saturated carbocycles. The Bertz CT molecular complexity index is 575. The van der Waals surface area contributed by atoms with E-state index in [1.54, 1.807) is 6.92 Å². The van der Waals surface area contributed by atoms with Gasteiger partial charge in [0.15, 0.2) is 0 Å². The van der Waals surface area contributed by atoms with Crippen molar-refractivity contribution in [2.75, 3.05) is 13.1 Å². The van der Waals surface area contributed by atoms with Gasteiger partial charge in [-0.25, -0.2) is 12.8 Å². The van der Waals surface area contributed by atoms with E-state index in [0.717, 1.165) is 4.31 Å². The molecule has 0 bridgehead atoms. The van der Waals surface area contributed by atoms with Crippen LogP contribution in [0.1, 0.15) is 12.5 Å². The van der Waals surface area contributed by atoms with E-state index in [-0.39, 0.29) is 30.1 Å². The number of hydrogen-bond acceptors (Lipinski definition) is 3. The number of halogens is 2. The molecule has 0 spiro atoms. The van der Waals surface area contributed by atoms with Crippen molar-refractivity contribution in [1.29, 1.82) is 0 Å². The second-order valence-corrected chi connectivity index (χ2v) is 6.65. The lowest BCUT2D eigenvalue weighted by Gasteiger charge is -2.20. The number of likely N-dealkylation sites (N-methyl/N-ethyl adjacent to an activating group) is 1. The van der Waals surface area contributed by atoms with Crippen molar-refractivity contribution in [1.82, 2.24) is 4.31 Å². The third-order valence-corrected chi connectivity index (χ3v) is 5.00. The Balaban J connectivity index is 3.43. The largest absolute Gasteiger partial charge is 0.326 e. The highest BCUT2D eigenvalue weighted by Gasteiger charge is 2.27. The van der Waals surface area contributed by atoms with Gasteiger partial charge >= 0.3 is 0 Å². The van der Waals surface area contributed by atoms with Crippen molar-refractivity contribution in [3.8, 4) is 0 Å². The number of sulfonamides is 1. The van der Waals surface area contributed by atoms with E-state index in [1.807, 2.05) is 0 Å². The zero-order valence-electron chi connectivity index (χ0n) is 10.6. The number of rotatable bonds is 6.